The van der Waals surface area contributed by atoms with Gasteiger partial charge in [-0.05, 0) is 61.7 Å². The predicted octanol–water partition coefficient (Wildman–Crippen LogP) is 4.97. The molecule has 4 nitrogen and oxygen atoms in total. The Morgan fingerprint density at radius 2 is 1.80 bits per heavy atom. The molecule has 0 N–H and O–H groups in total. The Morgan fingerprint density at radius 1 is 1.07 bits per heavy atom. The molecule has 160 valence electrons. The summed E-state index contributed by atoms with van der Waals surface area (Å²) in [6.45, 7) is 8.26. The molecule has 2 aliphatic rings. The molecular formula is C24H29BrClN3O. The molecule has 1 amide bonds. The van der Waals surface area contributed by atoms with E-state index >= 15 is 0 Å². The average molecular weight is 491 g/mol. The zero-order chi connectivity index (χ0) is 21.1. The van der Waals surface area contributed by atoms with Crippen LogP contribution in [-0.4, -0.2) is 55.0 Å². The fourth-order valence-electron chi connectivity index (χ4n) is 4.60. The third-order valence-electron chi connectivity index (χ3n) is 6.28. The average Bonchev–Trinajstić information content (AvgIpc) is 2.77. The van der Waals surface area contributed by atoms with E-state index in [2.05, 4.69) is 67.9 Å². The predicted molar refractivity (Wildman–Crippen MR) is 127 cm³/mol. The fourth-order valence-corrected chi connectivity index (χ4v) is 5.03. The molecule has 4 rings (SSSR count). The van der Waals surface area contributed by atoms with E-state index in [1.807, 2.05) is 12.1 Å². The highest BCUT2D eigenvalue weighted by atomic mass is 79.9. The summed E-state index contributed by atoms with van der Waals surface area (Å²) in [6, 6.07) is 14.5. The van der Waals surface area contributed by atoms with E-state index in [0.717, 1.165) is 68.2 Å². The zero-order valence-electron chi connectivity index (χ0n) is 17.5. The number of halogens is 2. The maximum Gasteiger partial charge on any atom is 0.227 e. The number of piperazine rings is 1. The van der Waals surface area contributed by atoms with E-state index in [9.17, 15) is 4.79 Å². The minimum atomic E-state index is 0.119. The Bertz CT molecular complexity index is 881. The number of hydrogen-bond acceptors (Lipinski definition) is 3. The van der Waals surface area contributed by atoms with E-state index in [-0.39, 0.29) is 5.92 Å². The molecule has 2 heterocycles. The van der Waals surface area contributed by atoms with Gasteiger partial charge in [-0.15, -0.1) is 0 Å². The number of carbonyl (C=O) groups is 1. The Kier molecular flexibility index (Phi) is 7.01. The minimum Gasteiger partial charge on any atom is -0.368 e. The third kappa shape index (κ3) is 5.19. The van der Waals surface area contributed by atoms with Crippen LogP contribution in [0.2, 0.25) is 5.02 Å². The van der Waals surface area contributed by atoms with Gasteiger partial charge in [-0.25, -0.2) is 0 Å². The molecule has 0 bridgehead atoms. The number of amides is 1. The Balaban J connectivity index is 1.32. The largest absolute Gasteiger partial charge is 0.368 e. The van der Waals surface area contributed by atoms with Gasteiger partial charge in [0.25, 0.3) is 0 Å². The number of benzene rings is 2. The summed E-state index contributed by atoms with van der Waals surface area (Å²) in [6.07, 6.45) is 2.10. The molecule has 6 heteroatoms. The molecule has 2 aliphatic heterocycles. The van der Waals surface area contributed by atoms with Crippen molar-refractivity contribution in [3.63, 3.8) is 0 Å². The fraction of sp³-hybridized carbons (Fsp3) is 0.458. The second-order valence-electron chi connectivity index (χ2n) is 8.44. The van der Waals surface area contributed by atoms with Gasteiger partial charge in [0, 0.05) is 54.5 Å². The highest BCUT2D eigenvalue weighted by Gasteiger charge is 2.31. The zero-order valence-corrected chi connectivity index (χ0v) is 19.8. The van der Waals surface area contributed by atoms with Gasteiger partial charge in [0.1, 0.15) is 0 Å². The number of aryl methyl sites for hydroxylation is 1. The maximum atomic E-state index is 13.2. The quantitative estimate of drug-likeness (QED) is 0.605. The number of likely N-dealkylation sites (tertiary alicyclic amines) is 1. The standard InChI is InChI=1S/C24H29BrClN3O/c1-18-4-9-22(26)15-23(18)28-11-13-29(14-12-28)24(30)20-3-2-10-27(17-20)16-19-5-7-21(25)8-6-19/h4-9,15,20H,2-3,10-14,16-17H2,1H3. The summed E-state index contributed by atoms with van der Waals surface area (Å²) in [4.78, 5) is 20.1. The van der Waals surface area contributed by atoms with Gasteiger partial charge in [-0.3, -0.25) is 9.69 Å². The summed E-state index contributed by atoms with van der Waals surface area (Å²) >= 11 is 9.69. The first kappa shape index (κ1) is 21.7. The van der Waals surface area contributed by atoms with Crippen LogP contribution in [0.15, 0.2) is 46.9 Å². The SMILES string of the molecule is Cc1ccc(Cl)cc1N1CCN(C(=O)C2CCCN(Cc3ccc(Br)cc3)C2)CC1. The van der Waals surface area contributed by atoms with Crippen LogP contribution in [0.4, 0.5) is 5.69 Å². The summed E-state index contributed by atoms with van der Waals surface area (Å²) in [7, 11) is 0. The highest BCUT2D eigenvalue weighted by molar-refractivity contribution is 9.10. The second-order valence-corrected chi connectivity index (χ2v) is 9.80. The molecule has 0 aromatic heterocycles. The second kappa shape index (κ2) is 9.71. The van der Waals surface area contributed by atoms with E-state index in [1.54, 1.807) is 0 Å². The lowest BCUT2D eigenvalue weighted by Crippen LogP contribution is -2.52. The highest BCUT2D eigenvalue weighted by Crippen LogP contribution is 2.27. The lowest BCUT2D eigenvalue weighted by Gasteiger charge is -2.40. The Hall–Kier alpha value is -1.56. The van der Waals surface area contributed by atoms with Gasteiger partial charge in [-0.1, -0.05) is 45.7 Å². The smallest absolute Gasteiger partial charge is 0.227 e. The maximum absolute atomic E-state index is 13.2. The van der Waals surface area contributed by atoms with Crippen LogP contribution < -0.4 is 4.90 Å². The van der Waals surface area contributed by atoms with Crippen LogP contribution in [0, 0.1) is 12.8 Å². The number of nitrogens with zero attached hydrogens (tertiary/aromatic N) is 3. The number of hydrogen-bond donors (Lipinski definition) is 0. The van der Waals surface area contributed by atoms with Gasteiger partial charge in [0.05, 0.1) is 5.92 Å². The lowest BCUT2D eigenvalue weighted by atomic mass is 9.95. The number of piperidine rings is 1. The Labute approximate surface area is 192 Å². The molecule has 2 fully saturated rings. The molecule has 1 unspecified atom stereocenters. The summed E-state index contributed by atoms with van der Waals surface area (Å²) in [5.74, 6) is 0.451. The van der Waals surface area contributed by atoms with Crippen molar-refractivity contribution in [1.29, 1.82) is 0 Å². The molecule has 30 heavy (non-hydrogen) atoms. The molecule has 0 saturated carbocycles. The van der Waals surface area contributed by atoms with Crippen LogP contribution in [0.25, 0.3) is 0 Å². The first-order valence-corrected chi connectivity index (χ1v) is 11.9. The topological polar surface area (TPSA) is 26.8 Å². The van der Waals surface area contributed by atoms with Crippen molar-refractivity contribution in [3.8, 4) is 0 Å². The number of carbonyl (C=O) groups excluding carboxylic acids is 1. The molecule has 1 atom stereocenters. The van der Waals surface area contributed by atoms with E-state index in [1.165, 1.54) is 16.8 Å². The van der Waals surface area contributed by atoms with Gasteiger partial charge in [-0.2, -0.15) is 0 Å². The number of anilines is 1. The molecule has 2 aromatic carbocycles. The lowest BCUT2D eigenvalue weighted by molar-refractivity contribution is -0.137. The van der Waals surface area contributed by atoms with E-state index in [4.69, 9.17) is 11.6 Å². The van der Waals surface area contributed by atoms with Crippen molar-refractivity contribution in [2.24, 2.45) is 5.92 Å². The monoisotopic (exact) mass is 489 g/mol. The number of rotatable bonds is 4. The van der Waals surface area contributed by atoms with Crippen molar-refractivity contribution in [3.05, 3.63) is 63.1 Å². The van der Waals surface area contributed by atoms with Gasteiger partial charge in [0.2, 0.25) is 5.91 Å². The van der Waals surface area contributed by atoms with E-state index in [0.29, 0.717) is 5.91 Å². The van der Waals surface area contributed by atoms with Gasteiger partial charge >= 0.3 is 0 Å². The van der Waals surface area contributed by atoms with Crippen LogP contribution in [0.1, 0.15) is 24.0 Å². The first-order valence-electron chi connectivity index (χ1n) is 10.8. The summed E-state index contributed by atoms with van der Waals surface area (Å²) in [5, 5.41) is 0.766. The third-order valence-corrected chi connectivity index (χ3v) is 7.04. The van der Waals surface area contributed by atoms with Crippen molar-refractivity contribution >= 4 is 39.1 Å². The van der Waals surface area contributed by atoms with Crippen molar-refractivity contribution in [2.45, 2.75) is 26.3 Å². The Morgan fingerprint density at radius 3 is 2.53 bits per heavy atom. The van der Waals surface area contributed by atoms with Crippen LogP contribution in [-0.2, 0) is 11.3 Å². The van der Waals surface area contributed by atoms with Crippen LogP contribution >= 0.6 is 27.5 Å². The first-order chi connectivity index (χ1) is 14.5. The van der Waals surface area contributed by atoms with Crippen molar-refractivity contribution in [2.75, 3.05) is 44.2 Å². The molecular weight excluding hydrogens is 462 g/mol. The minimum absolute atomic E-state index is 0.119. The van der Waals surface area contributed by atoms with E-state index < -0.39 is 0 Å². The molecule has 0 spiro atoms. The summed E-state index contributed by atoms with van der Waals surface area (Å²) < 4.78 is 1.10. The van der Waals surface area contributed by atoms with Crippen LogP contribution in [0.5, 0.6) is 0 Å². The van der Waals surface area contributed by atoms with Gasteiger partial charge < -0.3 is 9.80 Å². The van der Waals surface area contributed by atoms with Crippen molar-refractivity contribution < 1.29 is 4.79 Å². The molecule has 2 saturated heterocycles. The van der Waals surface area contributed by atoms with Crippen LogP contribution in [0.3, 0.4) is 0 Å². The normalized spacial score (nSPS) is 20.4. The molecule has 2 aromatic rings. The van der Waals surface area contributed by atoms with Gasteiger partial charge in [0.15, 0.2) is 0 Å². The molecule has 0 aliphatic carbocycles. The van der Waals surface area contributed by atoms with Crippen molar-refractivity contribution in [1.82, 2.24) is 9.80 Å². The summed E-state index contributed by atoms with van der Waals surface area (Å²) in [5.41, 5.74) is 3.72. The molecule has 0 radical (unpaired) electrons.